The molecular formula is C29H37N5O2S2. The zero-order valence-corrected chi connectivity index (χ0v) is 24.0. The Labute approximate surface area is 235 Å². The zero-order chi connectivity index (χ0) is 27.8. The number of carbonyl (C=O) groups excluding carboxylic acids is 2. The maximum atomic E-state index is 12.1. The van der Waals surface area contributed by atoms with Crippen molar-refractivity contribution in [2.24, 2.45) is 0 Å². The molecule has 2 unspecified atom stereocenters. The summed E-state index contributed by atoms with van der Waals surface area (Å²) in [5.41, 5.74) is 10.7. The summed E-state index contributed by atoms with van der Waals surface area (Å²) in [5.74, 6) is 1.07. The number of amides is 1. The molecule has 2 atom stereocenters. The van der Waals surface area contributed by atoms with Gasteiger partial charge < -0.3 is 10.6 Å². The predicted octanol–water partition coefficient (Wildman–Crippen LogP) is 5.24. The van der Waals surface area contributed by atoms with Crippen molar-refractivity contribution in [3.63, 3.8) is 0 Å². The van der Waals surface area contributed by atoms with Crippen LogP contribution in [0.25, 0.3) is 0 Å². The molecule has 202 valence electrons. The lowest BCUT2D eigenvalue weighted by Gasteiger charge is -2.16. The van der Waals surface area contributed by atoms with E-state index in [0.29, 0.717) is 23.8 Å². The van der Waals surface area contributed by atoms with Crippen molar-refractivity contribution in [2.75, 3.05) is 18.2 Å². The number of aryl methyl sites for hydroxylation is 1. The number of benzene rings is 2. The standard InChI is InChI=1S/C15H17N.C12H14N4O2S2.C2H6/c1-16-15(14-10-6-3-7-11-14)12-13-8-4-2-5-9-13;1-7-4-8(5-13-10(7)16-14-6-19)11(17)15-9-2-3-20-12(9)18;1-2/h2-11,15-16H,12H2,1H3;4-6,9H,2-3H2,1H3,(H,13,16)(H,14,19)(H,15,17);1-2H3. The van der Waals surface area contributed by atoms with E-state index in [1.807, 2.05) is 27.8 Å². The monoisotopic (exact) mass is 551 g/mol. The van der Waals surface area contributed by atoms with Crippen molar-refractivity contribution in [3.05, 3.63) is 95.2 Å². The van der Waals surface area contributed by atoms with Gasteiger partial charge in [0, 0.05) is 18.0 Å². The molecule has 4 rings (SSSR count). The number of likely N-dealkylation sites (N-methyl/N-ethyl adjacent to an activating group) is 1. The molecule has 0 bridgehead atoms. The van der Waals surface area contributed by atoms with Gasteiger partial charge in [-0.05, 0) is 49.6 Å². The molecule has 1 aliphatic rings. The summed E-state index contributed by atoms with van der Waals surface area (Å²) < 4.78 is 0. The van der Waals surface area contributed by atoms with Crippen LogP contribution >= 0.6 is 24.0 Å². The summed E-state index contributed by atoms with van der Waals surface area (Å²) in [6.45, 7) is 5.83. The molecule has 7 nitrogen and oxygen atoms in total. The quantitative estimate of drug-likeness (QED) is 0.212. The van der Waals surface area contributed by atoms with Crippen LogP contribution in [0.2, 0.25) is 0 Å². The fourth-order valence-corrected chi connectivity index (χ4v) is 4.71. The number of thiocarbonyl (C=S) groups is 1. The number of thioether (sulfide) groups is 1. The smallest absolute Gasteiger partial charge is 0.253 e. The second kappa shape index (κ2) is 17.3. The molecule has 0 aliphatic carbocycles. The third-order valence-electron chi connectivity index (χ3n) is 5.66. The van der Waals surface area contributed by atoms with E-state index < -0.39 is 0 Å². The minimum atomic E-state index is -0.387. The first kappa shape index (κ1) is 31.0. The highest BCUT2D eigenvalue weighted by Crippen LogP contribution is 2.20. The Morgan fingerprint density at radius 3 is 2.34 bits per heavy atom. The summed E-state index contributed by atoms with van der Waals surface area (Å²) in [6.07, 6.45) is 3.17. The normalized spacial score (nSPS) is 14.6. The van der Waals surface area contributed by atoms with E-state index in [2.05, 4.69) is 99.4 Å². The van der Waals surface area contributed by atoms with E-state index in [1.165, 1.54) is 34.6 Å². The van der Waals surface area contributed by atoms with Crippen LogP contribution in [0.3, 0.4) is 0 Å². The molecule has 4 N–H and O–H groups in total. The Hall–Kier alpha value is -3.27. The van der Waals surface area contributed by atoms with Crippen LogP contribution in [0.15, 0.2) is 72.9 Å². The second-order valence-electron chi connectivity index (χ2n) is 8.20. The molecule has 1 amide bonds. The largest absolute Gasteiger partial charge is 0.341 e. The minimum absolute atomic E-state index is 0.0199. The zero-order valence-electron chi connectivity index (χ0n) is 22.4. The van der Waals surface area contributed by atoms with Gasteiger partial charge >= 0.3 is 0 Å². The van der Waals surface area contributed by atoms with Crippen molar-refractivity contribution in [3.8, 4) is 0 Å². The lowest BCUT2D eigenvalue weighted by atomic mass is 9.99. The second-order valence-corrected chi connectivity index (χ2v) is 9.54. The van der Waals surface area contributed by atoms with Crippen molar-refractivity contribution in [1.82, 2.24) is 21.0 Å². The van der Waals surface area contributed by atoms with Gasteiger partial charge in [0.05, 0.1) is 17.1 Å². The van der Waals surface area contributed by atoms with Crippen molar-refractivity contribution in [2.45, 2.75) is 45.7 Å². The van der Waals surface area contributed by atoms with E-state index in [-0.39, 0.29) is 17.1 Å². The predicted molar refractivity (Wildman–Crippen MR) is 162 cm³/mol. The first-order chi connectivity index (χ1) is 18.5. The molecule has 9 heteroatoms. The van der Waals surface area contributed by atoms with E-state index in [0.717, 1.165) is 17.7 Å². The minimum Gasteiger partial charge on any atom is -0.341 e. The Bertz CT molecular complexity index is 1150. The Morgan fingerprint density at radius 2 is 1.79 bits per heavy atom. The van der Waals surface area contributed by atoms with Crippen molar-refractivity contribution < 1.29 is 9.59 Å². The van der Waals surface area contributed by atoms with Crippen LogP contribution in [-0.2, 0) is 11.2 Å². The maximum Gasteiger partial charge on any atom is 0.253 e. The van der Waals surface area contributed by atoms with Gasteiger partial charge in [0.2, 0.25) is 5.12 Å². The summed E-state index contributed by atoms with van der Waals surface area (Å²) in [6, 6.07) is 22.9. The molecule has 1 fully saturated rings. The average Bonchev–Trinajstić information content (AvgIpc) is 3.37. The van der Waals surface area contributed by atoms with Crippen LogP contribution in [0.5, 0.6) is 0 Å². The van der Waals surface area contributed by atoms with Gasteiger partial charge in [-0.2, -0.15) is 0 Å². The Kier molecular flexibility index (Phi) is 14.1. The maximum absolute atomic E-state index is 12.1. The van der Waals surface area contributed by atoms with Crippen LogP contribution in [-0.4, -0.2) is 40.3 Å². The molecule has 38 heavy (non-hydrogen) atoms. The van der Waals surface area contributed by atoms with E-state index in [1.54, 1.807) is 6.07 Å². The van der Waals surface area contributed by atoms with Gasteiger partial charge in [0.15, 0.2) is 0 Å². The van der Waals surface area contributed by atoms with Gasteiger partial charge in [-0.3, -0.25) is 20.4 Å². The highest BCUT2D eigenvalue weighted by Gasteiger charge is 2.27. The van der Waals surface area contributed by atoms with Crippen molar-refractivity contribution >= 4 is 46.3 Å². The van der Waals surface area contributed by atoms with Gasteiger partial charge in [-0.1, -0.05) is 98.5 Å². The first-order valence-electron chi connectivity index (χ1n) is 12.7. The topological polar surface area (TPSA) is 95.2 Å². The number of nitrogens with one attached hydrogen (secondary N) is 4. The van der Waals surface area contributed by atoms with Crippen LogP contribution in [0, 0.1) is 6.92 Å². The summed E-state index contributed by atoms with van der Waals surface area (Å²) >= 11 is 5.88. The highest BCUT2D eigenvalue weighted by molar-refractivity contribution is 8.14. The Balaban J connectivity index is 0.000000256. The van der Waals surface area contributed by atoms with Gasteiger partial charge in [-0.25, -0.2) is 4.98 Å². The fraction of sp³-hybridized carbons (Fsp3) is 0.310. The van der Waals surface area contributed by atoms with Gasteiger partial charge in [0.1, 0.15) is 5.82 Å². The van der Waals surface area contributed by atoms with Crippen molar-refractivity contribution in [1.29, 1.82) is 0 Å². The number of carbonyl (C=O) groups is 2. The summed E-state index contributed by atoms with van der Waals surface area (Å²) in [4.78, 5) is 27.7. The molecule has 0 saturated carbocycles. The number of rotatable bonds is 9. The SMILES string of the molecule is CC.CNC(Cc1ccccc1)c1ccccc1.Cc1cc(C(=O)NC2CCSC2=O)cnc1NNC=S. The van der Waals surface area contributed by atoms with E-state index in [9.17, 15) is 9.59 Å². The molecule has 1 saturated heterocycles. The third-order valence-corrected chi connectivity index (χ3v) is 6.79. The van der Waals surface area contributed by atoms with Crippen LogP contribution in [0.4, 0.5) is 5.82 Å². The summed E-state index contributed by atoms with van der Waals surface area (Å²) in [5, 5.41) is 6.11. The molecule has 3 aromatic rings. The number of nitrogens with zero attached hydrogens (tertiary/aromatic N) is 1. The average molecular weight is 552 g/mol. The lowest BCUT2D eigenvalue weighted by Crippen LogP contribution is -2.37. The number of hydrogen-bond acceptors (Lipinski definition) is 7. The van der Waals surface area contributed by atoms with E-state index >= 15 is 0 Å². The highest BCUT2D eigenvalue weighted by atomic mass is 32.2. The number of anilines is 1. The van der Waals surface area contributed by atoms with Gasteiger partial charge in [-0.15, -0.1) is 0 Å². The van der Waals surface area contributed by atoms with Crippen LogP contribution < -0.4 is 21.5 Å². The molecule has 0 spiro atoms. The number of hydrazine groups is 1. The number of pyridine rings is 1. The molecule has 0 radical (unpaired) electrons. The number of hydrogen-bond donors (Lipinski definition) is 4. The number of aromatic nitrogens is 1. The summed E-state index contributed by atoms with van der Waals surface area (Å²) in [7, 11) is 2.01. The Morgan fingerprint density at radius 1 is 1.13 bits per heavy atom. The molecule has 2 aromatic carbocycles. The molecule has 1 aromatic heterocycles. The molecule has 1 aliphatic heterocycles. The first-order valence-corrected chi connectivity index (χ1v) is 14.1. The fourth-order valence-electron chi connectivity index (χ4n) is 3.72. The van der Waals surface area contributed by atoms with E-state index in [4.69, 9.17) is 0 Å². The molecular weight excluding hydrogens is 514 g/mol. The molecule has 2 heterocycles. The van der Waals surface area contributed by atoms with Crippen LogP contribution in [0.1, 0.15) is 53.4 Å². The van der Waals surface area contributed by atoms with Gasteiger partial charge in [0.25, 0.3) is 5.91 Å². The third kappa shape index (κ3) is 9.89. The lowest BCUT2D eigenvalue weighted by molar-refractivity contribution is -0.112.